The molecule has 1 fully saturated rings. The number of thiazole rings is 1. The molecule has 0 aromatic carbocycles. The Bertz CT molecular complexity index is 723. The molecule has 3 heterocycles. The van der Waals surface area contributed by atoms with Gasteiger partial charge in [-0.1, -0.05) is 0 Å². The highest BCUT2D eigenvalue weighted by molar-refractivity contribution is 7.15. The number of aryl methyl sites for hydroxylation is 1. The lowest BCUT2D eigenvalue weighted by Crippen LogP contribution is -2.36. The van der Waals surface area contributed by atoms with E-state index in [0.717, 1.165) is 47.4 Å². The predicted molar refractivity (Wildman–Crippen MR) is 95.0 cm³/mol. The fraction of sp³-hybridized carbons (Fsp3) is 0.353. The van der Waals surface area contributed by atoms with Gasteiger partial charge in [0, 0.05) is 42.6 Å². The fourth-order valence-corrected chi connectivity index (χ4v) is 3.26. The van der Waals surface area contributed by atoms with E-state index in [1.54, 1.807) is 29.8 Å². The number of anilines is 1. The molecule has 3 rings (SSSR count). The molecule has 1 aliphatic heterocycles. The number of nitrogens with zero attached hydrogens (tertiary/aromatic N) is 3. The van der Waals surface area contributed by atoms with Gasteiger partial charge in [-0.25, -0.2) is 4.98 Å². The minimum atomic E-state index is -0.127. The van der Waals surface area contributed by atoms with Gasteiger partial charge in [0.2, 0.25) is 5.91 Å². The maximum Gasteiger partial charge on any atom is 0.244 e. The van der Waals surface area contributed by atoms with Gasteiger partial charge in [0.05, 0.1) is 19.8 Å². The molecule has 0 radical (unpaired) electrons. The Morgan fingerprint density at radius 3 is 3.00 bits per heavy atom. The molecule has 0 saturated carbocycles. The third-order valence-electron chi connectivity index (χ3n) is 3.58. The molecule has 1 N–H and O–H groups in total. The number of carbonyl (C=O) groups is 1. The molecule has 24 heavy (non-hydrogen) atoms. The average molecular weight is 344 g/mol. The Hall–Kier alpha value is -2.25. The molecule has 2 aromatic heterocycles. The van der Waals surface area contributed by atoms with Crippen LogP contribution in [0.15, 0.2) is 30.7 Å². The van der Waals surface area contributed by atoms with E-state index in [9.17, 15) is 4.79 Å². The molecule has 7 heteroatoms. The summed E-state index contributed by atoms with van der Waals surface area (Å²) in [4.78, 5) is 23.7. The lowest BCUT2D eigenvalue weighted by Gasteiger charge is -2.25. The third kappa shape index (κ3) is 4.62. The van der Waals surface area contributed by atoms with E-state index >= 15 is 0 Å². The lowest BCUT2D eigenvalue weighted by molar-refractivity contribution is -0.116. The van der Waals surface area contributed by atoms with E-state index in [1.807, 2.05) is 19.2 Å². The predicted octanol–water partition coefficient (Wildman–Crippen LogP) is 2.01. The number of pyridine rings is 1. The number of morpholine rings is 1. The van der Waals surface area contributed by atoms with Crippen LogP contribution in [0.1, 0.15) is 16.0 Å². The van der Waals surface area contributed by atoms with Crippen LogP contribution in [0.3, 0.4) is 0 Å². The molecule has 1 aliphatic rings. The first-order valence-corrected chi connectivity index (χ1v) is 8.67. The van der Waals surface area contributed by atoms with Gasteiger partial charge in [0.1, 0.15) is 0 Å². The normalized spacial score (nSPS) is 15.0. The van der Waals surface area contributed by atoms with Gasteiger partial charge >= 0.3 is 0 Å². The van der Waals surface area contributed by atoms with Gasteiger partial charge in [-0.3, -0.25) is 9.78 Å². The zero-order valence-corrected chi connectivity index (χ0v) is 14.4. The van der Waals surface area contributed by atoms with Crippen LogP contribution in [0.2, 0.25) is 0 Å². The van der Waals surface area contributed by atoms with Crippen LogP contribution < -0.4 is 10.2 Å². The van der Waals surface area contributed by atoms with Gasteiger partial charge in [-0.05, 0) is 30.2 Å². The zero-order chi connectivity index (χ0) is 16.8. The number of aromatic nitrogens is 2. The summed E-state index contributed by atoms with van der Waals surface area (Å²) < 4.78 is 5.34. The van der Waals surface area contributed by atoms with Crippen molar-refractivity contribution in [2.75, 3.05) is 31.2 Å². The van der Waals surface area contributed by atoms with Crippen molar-refractivity contribution in [3.63, 3.8) is 0 Å². The highest BCUT2D eigenvalue weighted by atomic mass is 32.1. The van der Waals surface area contributed by atoms with Crippen LogP contribution in [-0.4, -0.2) is 42.2 Å². The van der Waals surface area contributed by atoms with Crippen molar-refractivity contribution in [3.8, 4) is 0 Å². The largest absolute Gasteiger partial charge is 0.378 e. The average Bonchev–Trinajstić information content (AvgIpc) is 3.08. The van der Waals surface area contributed by atoms with Crippen molar-refractivity contribution < 1.29 is 9.53 Å². The Morgan fingerprint density at radius 2 is 2.21 bits per heavy atom. The van der Waals surface area contributed by atoms with Crippen LogP contribution in [0.5, 0.6) is 0 Å². The summed E-state index contributed by atoms with van der Waals surface area (Å²) in [6.45, 7) is 5.67. The van der Waals surface area contributed by atoms with Crippen LogP contribution in [0.25, 0.3) is 6.08 Å². The number of amides is 1. The minimum Gasteiger partial charge on any atom is -0.378 e. The van der Waals surface area contributed by atoms with Gasteiger partial charge in [0.15, 0.2) is 5.13 Å². The zero-order valence-electron chi connectivity index (χ0n) is 13.6. The fourth-order valence-electron chi connectivity index (χ4n) is 2.35. The van der Waals surface area contributed by atoms with E-state index in [1.165, 1.54) is 6.08 Å². The first-order chi connectivity index (χ1) is 11.7. The maximum absolute atomic E-state index is 11.9. The number of rotatable bonds is 5. The van der Waals surface area contributed by atoms with Crippen molar-refractivity contribution in [1.29, 1.82) is 0 Å². The highest BCUT2D eigenvalue weighted by Crippen LogP contribution is 2.23. The smallest absolute Gasteiger partial charge is 0.244 e. The summed E-state index contributed by atoms with van der Waals surface area (Å²) in [7, 11) is 0. The molecule has 1 saturated heterocycles. The second kappa shape index (κ2) is 8.03. The van der Waals surface area contributed by atoms with E-state index in [4.69, 9.17) is 4.74 Å². The van der Waals surface area contributed by atoms with Gasteiger partial charge < -0.3 is 15.0 Å². The van der Waals surface area contributed by atoms with E-state index in [0.29, 0.717) is 6.54 Å². The van der Waals surface area contributed by atoms with E-state index in [-0.39, 0.29) is 5.91 Å². The third-order valence-corrected chi connectivity index (χ3v) is 4.64. The summed E-state index contributed by atoms with van der Waals surface area (Å²) in [6.07, 6.45) is 8.63. The maximum atomic E-state index is 11.9. The Labute approximate surface area is 145 Å². The molecule has 6 nitrogen and oxygen atoms in total. The number of carbonyl (C=O) groups excluding carboxylic acids is 1. The molecule has 126 valence electrons. The molecule has 0 atom stereocenters. The monoisotopic (exact) mass is 344 g/mol. The summed E-state index contributed by atoms with van der Waals surface area (Å²) in [5, 5.41) is 3.87. The second-order valence-corrected chi connectivity index (χ2v) is 6.65. The van der Waals surface area contributed by atoms with Crippen molar-refractivity contribution in [2.45, 2.75) is 13.5 Å². The van der Waals surface area contributed by atoms with Crippen molar-refractivity contribution in [2.24, 2.45) is 0 Å². The van der Waals surface area contributed by atoms with Crippen molar-refractivity contribution >= 4 is 28.5 Å². The molecule has 0 bridgehead atoms. The van der Waals surface area contributed by atoms with Gasteiger partial charge in [0.25, 0.3) is 0 Å². The van der Waals surface area contributed by atoms with Gasteiger partial charge in [-0.15, -0.1) is 11.3 Å². The SMILES string of the molecule is Cc1cncc(/C=C/C(=O)NCc2cnc(N3CCOCC3)s2)c1. The summed E-state index contributed by atoms with van der Waals surface area (Å²) in [5.41, 5.74) is 1.98. The number of nitrogens with one attached hydrogen (secondary N) is 1. The standard InChI is InChI=1S/C17H20N4O2S/c1-13-8-14(10-18-9-13)2-3-16(22)19-11-15-12-20-17(24-15)21-4-6-23-7-5-21/h2-3,8-10,12H,4-7,11H2,1H3,(H,19,22)/b3-2+. The molecule has 0 aliphatic carbocycles. The van der Waals surface area contributed by atoms with Crippen LogP contribution in [0, 0.1) is 6.92 Å². The van der Waals surface area contributed by atoms with E-state index < -0.39 is 0 Å². The van der Waals surface area contributed by atoms with Crippen LogP contribution in [0.4, 0.5) is 5.13 Å². The Balaban J connectivity index is 1.50. The molecular weight excluding hydrogens is 324 g/mol. The Kier molecular flexibility index (Phi) is 5.55. The van der Waals surface area contributed by atoms with Crippen LogP contribution >= 0.6 is 11.3 Å². The quantitative estimate of drug-likeness (QED) is 0.841. The first kappa shape index (κ1) is 16.6. The van der Waals surface area contributed by atoms with Crippen LogP contribution in [-0.2, 0) is 16.1 Å². The summed E-state index contributed by atoms with van der Waals surface area (Å²) >= 11 is 1.61. The van der Waals surface area contributed by atoms with Crippen molar-refractivity contribution in [1.82, 2.24) is 15.3 Å². The van der Waals surface area contributed by atoms with E-state index in [2.05, 4.69) is 20.2 Å². The molecule has 2 aromatic rings. The lowest BCUT2D eigenvalue weighted by atomic mass is 10.2. The number of hydrogen-bond donors (Lipinski definition) is 1. The Morgan fingerprint density at radius 1 is 1.38 bits per heavy atom. The van der Waals surface area contributed by atoms with Crippen molar-refractivity contribution in [3.05, 3.63) is 46.7 Å². The topological polar surface area (TPSA) is 67.4 Å². The van der Waals surface area contributed by atoms with Gasteiger partial charge in [-0.2, -0.15) is 0 Å². The summed E-state index contributed by atoms with van der Waals surface area (Å²) in [6, 6.07) is 1.98. The molecule has 0 unspecified atom stereocenters. The highest BCUT2D eigenvalue weighted by Gasteiger charge is 2.14. The molecular formula is C17H20N4O2S. The second-order valence-electron chi connectivity index (χ2n) is 5.56. The summed E-state index contributed by atoms with van der Waals surface area (Å²) in [5.74, 6) is -0.127. The first-order valence-electron chi connectivity index (χ1n) is 7.86. The minimum absolute atomic E-state index is 0.127. The number of hydrogen-bond acceptors (Lipinski definition) is 6. The molecule has 1 amide bonds. The number of ether oxygens (including phenoxy) is 1. The molecule has 0 spiro atoms.